The molecule has 2 aromatic rings. The minimum absolute atomic E-state index is 0.0954. The van der Waals surface area contributed by atoms with E-state index in [-0.39, 0.29) is 17.8 Å². The molecule has 1 aliphatic rings. The van der Waals surface area contributed by atoms with Crippen molar-refractivity contribution in [2.45, 2.75) is 19.8 Å². The van der Waals surface area contributed by atoms with Crippen molar-refractivity contribution in [3.8, 4) is 6.07 Å². The summed E-state index contributed by atoms with van der Waals surface area (Å²) in [6.07, 6.45) is 1.19. The van der Waals surface area contributed by atoms with Crippen LogP contribution in [0.25, 0.3) is 0 Å². The lowest BCUT2D eigenvalue weighted by atomic mass is 9.95. The lowest BCUT2D eigenvalue weighted by molar-refractivity contribution is -0.120. The van der Waals surface area contributed by atoms with Gasteiger partial charge in [-0.1, -0.05) is 5.16 Å². The van der Waals surface area contributed by atoms with Crippen LogP contribution in [0.15, 0.2) is 22.7 Å². The van der Waals surface area contributed by atoms with E-state index in [1.165, 1.54) is 6.07 Å². The molecular weight excluding hydrogens is 313 g/mol. The highest BCUT2D eigenvalue weighted by molar-refractivity contribution is 5.90. The highest BCUT2D eigenvalue weighted by Gasteiger charge is 2.27. The van der Waals surface area contributed by atoms with E-state index >= 15 is 0 Å². The topological polar surface area (TPSA) is 95.0 Å². The number of anilines is 2. The predicted octanol–water partition coefficient (Wildman–Crippen LogP) is 2.24. The van der Waals surface area contributed by atoms with Gasteiger partial charge in [0, 0.05) is 19.0 Å². The van der Waals surface area contributed by atoms with E-state index < -0.39 is 5.82 Å². The number of benzene rings is 1. The molecule has 0 atom stereocenters. The van der Waals surface area contributed by atoms with Gasteiger partial charge in [0.15, 0.2) is 5.82 Å². The maximum Gasteiger partial charge on any atom is 0.328 e. The van der Waals surface area contributed by atoms with Crippen molar-refractivity contribution >= 4 is 17.6 Å². The van der Waals surface area contributed by atoms with E-state index in [4.69, 9.17) is 9.78 Å². The summed E-state index contributed by atoms with van der Waals surface area (Å²) in [6, 6.07) is 6.44. The van der Waals surface area contributed by atoms with Crippen molar-refractivity contribution < 1.29 is 13.7 Å². The van der Waals surface area contributed by atoms with Crippen LogP contribution in [0.1, 0.15) is 24.2 Å². The summed E-state index contributed by atoms with van der Waals surface area (Å²) in [4.78, 5) is 18.0. The number of nitrogens with zero attached hydrogens (tertiary/aromatic N) is 4. The number of aryl methyl sites for hydroxylation is 1. The molecule has 1 saturated heterocycles. The molecule has 0 saturated carbocycles. The monoisotopic (exact) mass is 329 g/mol. The van der Waals surface area contributed by atoms with Crippen LogP contribution in [-0.4, -0.2) is 29.1 Å². The summed E-state index contributed by atoms with van der Waals surface area (Å²) in [5.74, 6) is -0.316. The SMILES string of the molecule is Cc1noc(NC(=O)C2CCN(c3ccc(C#N)cc3F)CC2)n1. The molecule has 7 nitrogen and oxygen atoms in total. The van der Waals surface area contributed by atoms with Crippen LogP contribution in [0, 0.1) is 30.0 Å². The molecule has 124 valence electrons. The number of rotatable bonds is 3. The fourth-order valence-corrected chi connectivity index (χ4v) is 2.77. The van der Waals surface area contributed by atoms with Crippen molar-refractivity contribution in [2.75, 3.05) is 23.3 Å². The molecule has 0 unspecified atom stereocenters. The van der Waals surface area contributed by atoms with Crippen LogP contribution in [0.2, 0.25) is 0 Å². The van der Waals surface area contributed by atoms with Crippen molar-refractivity contribution in [3.05, 3.63) is 35.4 Å². The van der Waals surface area contributed by atoms with E-state index in [0.717, 1.165) is 0 Å². The summed E-state index contributed by atoms with van der Waals surface area (Å²) in [7, 11) is 0. The number of aromatic nitrogens is 2. The molecule has 0 spiro atoms. The molecule has 1 amide bonds. The van der Waals surface area contributed by atoms with Gasteiger partial charge in [-0.2, -0.15) is 10.2 Å². The largest absolute Gasteiger partial charge is 0.369 e. The molecule has 3 rings (SSSR count). The Balaban J connectivity index is 1.59. The van der Waals surface area contributed by atoms with Gasteiger partial charge in [0.05, 0.1) is 17.3 Å². The quantitative estimate of drug-likeness (QED) is 0.928. The summed E-state index contributed by atoms with van der Waals surface area (Å²) in [6.45, 7) is 2.79. The molecule has 0 aliphatic carbocycles. The number of carbonyl (C=O) groups is 1. The average Bonchev–Trinajstić information content (AvgIpc) is 2.99. The second-order valence-electron chi connectivity index (χ2n) is 5.68. The molecule has 1 aliphatic heterocycles. The Labute approximate surface area is 138 Å². The summed E-state index contributed by atoms with van der Waals surface area (Å²) < 4.78 is 18.9. The van der Waals surface area contributed by atoms with E-state index in [0.29, 0.717) is 43.0 Å². The zero-order valence-electron chi connectivity index (χ0n) is 13.1. The van der Waals surface area contributed by atoms with E-state index in [2.05, 4.69) is 15.5 Å². The molecule has 0 bridgehead atoms. The second kappa shape index (κ2) is 6.66. The molecule has 1 aromatic heterocycles. The van der Waals surface area contributed by atoms with Gasteiger partial charge in [-0.3, -0.25) is 10.1 Å². The minimum Gasteiger partial charge on any atom is -0.369 e. The minimum atomic E-state index is -0.418. The van der Waals surface area contributed by atoms with Gasteiger partial charge in [-0.25, -0.2) is 4.39 Å². The molecule has 1 N–H and O–H groups in total. The number of piperidine rings is 1. The Morgan fingerprint density at radius 1 is 1.46 bits per heavy atom. The molecule has 1 aromatic carbocycles. The Kier molecular flexibility index (Phi) is 4.42. The number of halogens is 1. The van der Waals surface area contributed by atoms with Gasteiger partial charge in [0.2, 0.25) is 5.91 Å². The first kappa shape index (κ1) is 15.9. The van der Waals surface area contributed by atoms with Crippen LogP contribution in [0.4, 0.5) is 16.1 Å². The Morgan fingerprint density at radius 2 is 2.21 bits per heavy atom. The summed E-state index contributed by atoms with van der Waals surface area (Å²) in [5, 5.41) is 15.0. The molecule has 24 heavy (non-hydrogen) atoms. The molecule has 1 fully saturated rings. The Bertz CT molecular complexity index is 790. The van der Waals surface area contributed by atoms with Crippen LogP contribution in [-0.2, 0) is 4.79 Å². The fraction of sp³-hybridized carbons (Fsp3) is 0.375. The van der Waals surface area contributed by atoms with Gasteiger partial charge < -0.3 is 9.42 Å². The summed E-state index contributed by atoms with van der Waals surface area (Å²) in [5.41, 5.74) is 0.751. The van der Waals surface area contributed by atoms with Crippen molar-refractivity contribution in [1.82, 2.24) is 10.1 Å². The zero-order chi connectivity index (χ0) is 17.1. The molecular formula is C16H16FN5O2. The van der Waals surface area contributed by atoms with E-state index in [1.807, 2.05) is 11.0 Å². The highest BCUT2D eigenvalue weighted by atomic mass is 19.1. The number of hydrogen-bond acceptors (Lipinski definition) is 6. The smallest absolute Gasteiger partial charge is 0.328 e. The normalized spacial score (nSPS) is 15.1. The zero-order valence-corrected chi connectivity index (χ0v) is 13.1. The van der Waals surface area contributed by atoms with Gasteiger partial charge in [0.25, 0.3) is 0 Å². The van der Waals surface area contributed by atoms with Crippen molar-refractivity contribution in [2.24, 2.45) is 5.92 Å². The van der Waals surface area contributed by atoms with Crippen LogP contribution >= 0.6 is 0 Å². The second-order valence-corrected chi connectivity index (χ2v) is 5.68. The lowest BCUT2D eigenvalue weighted by Gasteiger charge is -2.33. The van der Waals surface area contributed by atoms with Crippen molar-refractivity contribution in [3.63, 3.8) is 0 Å². The van der Waals surface area contributed by atoms with Gasteiger partial charge in [0.1, 0.15) is 5.82 Å². The first-order valence-corrected chi connectivity index (χ1v) is 7.62. The van der Waals surface area contributed by atoms with E-state index in [1.54, 1.807) is 19.1 Å². The molecule has 8 heteroatoms. The maximum absolute atomic E-state index is 14.1. The number of nitriles is 1. The first-order chi connectivity index (χ1) is 11.6. The fourth-order valence-electron chi connectivity index (χ4n) is 2.77. The summed E-state index contributed by atoms with van der Waals surface area (Å²) >= 11 is 0. The number of nitrogens with one attached hydrogen (secondary N) is 1. The molecule has 2 heterocycles. The van der Waals surface area contributed by atoms with Crippen LogP contribution in [0.5, 0.6) is 0 Å². The maximum atomic E-state index is 14.1. The highest BCUT2D eigenvalue weighted by Crippen LogP contribution is 2.27. The van der Waals surface area contributed by atoms with Gasteiger partial charge >= 0.3 is 6.01 Å². The van der Waals surface area contributed by atoms with Gasteiger partial charge in [-0.05, 0) is 38.0 Å². The van der Waals surface area contributed by atoms with E-state index in [9.17, 15) is 9.18 Å². The predicted molar refractivity (Wildman–Crippen MR) is 83.7 cm³/mol. The standard InChI is InChI=1S/C16H16FN5O2/c1-10-19-16(24-21-10)20-15(23)12-4-6-22(7-5-12)14-3-2-11(9-18)8-13(14)17/h2-3,8,12H,4-7H2,1H3,(H,19,20,21,23). The van der Waals surface area contributed by atoms with Crippen molar-refractivity contribution in [1.29, 1.82) is 5.26 Å². The van der Waals surface area contributed by atoms with Crippen LogP contribution < -0.4 is 10.2 Å². The van der Waals surface area contributed by atoms with Gasteiger partial charge in [-0.15, -0.1) is 0 Å². The lowest BCUT2D eigenvalue weighted by Crippen LogP contribution is -2.38. The average molecular weight is 329 g/mol. The number of hydrogen-bond donors (Lipinski definition) is 1. The Morgan fingerprint density at radius 3 is 2.79 bits per heavy atom. The van der Waals surface area contributed by atoms with Crippen LogP contribution in [0.3, 0.4) is 0 Å². The third-order valence-electron chi connectivity index (χ3n) is 4.04. The third-order valence-corrected chi connectivity index (χ3v) is 4.04. The number of amides is 1. The first-order valence-electron chi connectivity index (χ1n) is 7.62. The number of carbonyl (C=O) groups excluding carboxylic acids is 1. The third kappa shape index (κ3) is 3.35. The molecule has 0 radical (unpaired) electrons. The Hall–Kier alpha value is -2.95.